The highest BCUT2D eigenvalue weighted by molar-refractivity contribution is 5.94. The topological polar surface area (TPSA) is 68.5 Å². The molecule has 1 atom stereocenters. The number of halogens is 1. The number of rotatable bonds is 5. The van der Waals surface area contributed by atoms with Crippen LogP contribution in [0, 0.1) is 0 Å². The van der Waals surface area contributed by atoms with Gasteiger partial charge in [-0.15, -0.1) is 0 Å². The SMILES string of the molecule is CCOc1ccc(C(=O)N2CCC(F)(c3nc(C4CCC4)no3)C2)cc1. The first-order valence-corrected chi connectivity index (χ1v) is 9.14. The molecule has 2 aliphatic rings. The molecule has 1 unspecified atom stereocenters. The molecule has 2 fully saturated rings. The molecule has 4 rings (SSSR count). The molecule has 0 radical (unpaired) electrons. The van der Waals surface area contributed by atoms with E-state index in [2.05, 4.69) is 10.1 Å². The number of hydrogen-bond donors (Lipinski definition) is 0. The zero-order valence-corrected chi connectivity index (χ0v) is 14.8. The molecule has 2 heterocycles. The number of benzene rings is 1. The van der Waals surface area contributed by atoms with E-state index in [1.165, 1.54) is 4.90 Å². The van der Waals surface area contributed by atoms with Gasteiger partial charge in [0, 0.05) is 24.4 Å². The van der Waals surface area contributed by atoms with Crippen molar-refractivity contribution in [2.45, 2.75) is 44.2 Å². The third-order valence-electron chi connectivity index (χ3n) is 5.21. The highest BCUT2D eigenvalue weighted by Crippen LogP contribution is 2.39. The van der Waals surface area contributed by atoms with Gasteiger partial charge in [-0.25, -0.2) is 4.39 Å². The predicted molar refractivity (Wildman–Crippen MR) is 91.8 cm³/mol. The summed E-state index contributed by atoms with van der Waals surface area (Å²) in [5.41, 5.74) is -1.26. The van der Waals surface area contributed by atoms with Gasteiger partial charge in [-0.05, 0) is 44.0 Å². The van der Waals surface area contributed by atoms with Crippen LogP contribution in [-0.4, -0.2) is 40.6 Å². The lowest BCUT2D eigenvalue weighted by molar-refractivity contribution is 0.0717. The Bertz CT molecular complexity index is 788. The van der Waals surface area contributed by atoms with Gasteiger partial charge >= 0.3 is 0 Å². The van der Waals surface area contributed by atoms with Crippen molar-refractivity contribution in [2.24, 2.45) is 0 Å². The minimum Gasteiger partial charge on any atom is -0.494 e. The fourth-order valence-electron chi connectivity index (χ4n) is 3.41. The number of hydrogen-bond acceptors (Lipinski definition) is 5. The fourth-order valence-corrected chi connectivity index (χ4v) is 3.41. The van der Waals surface area contributed by atoms with Crippen LogP contribution in [0.3, 0.4) is 0 Å². The molecule has 1 aromatic heterocycles. The molecule has 26 heavy (non-hydrogen) atoms. The van der Waals surface area contributed by atoms with Gasteiger partial charge in [0.1, 0.15) is 5.75 Å². The van der Waals surface area contributed by atoms with Gasteiger partial charge in [-0.3, -0.25) is 4.79 Å². The van der Waals surface area contributed by atoms with Crippen molar-refractivity contribution in [3.8, 4) is 5.75 Å². The Morgan fingerprint density at radius 3 is 2.81 bits per heavy atom. The summed E-state index contributed by atoms with van der Waals surface area (Å²) in [5, 5.41) is 3.94. The minimum absolute atomic E-state index is 0.00129. The summed E-state index contributed by atoms with van der Waals surface area (Å²) in [6, 6.07) is 6.90. The molecule has 1 amide bonds. The summed E-state index contributed by atoms with van der Waals surface area (Å²) in [7, 11) is 0. The van der Waals surface area contributed by atoms with Gasteiger partial charge in [0.05, 0.1) is 13.2 Å². The fraction of sp³-hybridized carbons (Fsp3) is 0.526. The molecule has 1 aromatic carbocycles. The van der Waals surface area contributed by atoms with Gasteiger partial charge < -0.3 is 14.2 Å². The van der Waals surface area contributed by atoms with E-state index in [0.29, 0.717) is 36.2 Å². The van der Waals surface area contributed by atoms with E-state index in [1.54, 1.807) is 24.3 Å². The Labute approximate surface area is 151 Å². The van der Waals surface area contributed by atoms with Gasteiger partial charge in [0.25, 0.3) is 11.8 Å². The highest BCUT2D eigenvalue weighted by Gasteiger charge is 2.47. The second kappa shape index (κ2) is 6.70. The molecule has 1 saturated carbocycles. The second-order valence-corrected chi connectivity index (χ2v) is 6.98. The number of alkyl halides is 1. The third-order valence-corrected chi connectivity index (χ3v) is 5.21. The van der Waals surface area contributed by atoms with Crippen LogP contribution in [0.2, 0.25) is 0 Å². The lowest BCUT2D eigenvalue weighted by Crippen LogP contribution is -2.32. The lowest BCUT2D eigenvalue weighted by atomic mass is 9.85. The smallest absolute Gasteiger partial charge is 0.266 e. The Morgan fingerprint density at radius 2 is 2.15 bits per heavy atom. The lowest BCUT2D eigenvalue weighted by Gasteiger charge is -2.21. The molecular weight excluding hydrogens is 337 g/mol. The summed E-state index contributed by atoms with van der Waals surface area (Å²) in [4.78, 5) is 18.4. The van der Waals surface area contributed by atoms with Crippen LogP contribution in [0.5, 0.6) is 5.75 Å². The van der Waals surface area contributed by atoms with Crippen molar-refractivity contribution in [1.82, 2.24) is 15.0 Å². The van der Waals surface area contributed by atoms with Crippen LogP contribution in [0.25, 0.3) is 0 Å². The summed E-state index contributed by atoms with van der Waals surface area (Å²) in [6.07, 6.45) is 3.38. The Balaban J connectivity index is 1.44. The van der Waals surface area contributed by atoms with Crippen molar-refractivity contribution in [2.75, 3.05) is 19.7 Å². The molecule has 7 heteroatoms. The van der Waals surface area contributed by atoms with Gasteiger partial charge in [0.15, 0.2) is 5.82 Å². The number of likely N-dealkylation sites (tertiary alicyclic amines) is 1. The molecule has 0 spiro atoms. The quantitative estimate of drug-likeness (QED) is 0.818. The largest absolute Gasteiger partial charge is 0.494 e. The average Bonchev–Trinajstić information content (AvgIpc) is 3.22. The average molecular weight is 359 g/mol. The Hall–Kier alpha value is -2.44. The molecule has 1 aliphatic carbocycles. The van der Waals surface area contributed by atoms with E-state index in [-0.39, 0.29) is 24.8 Å². The molecule has 0 bridgehead atoms. The van der Waals surface area contributed by atoms with E-state index in [9.17, 15) is 4.79 Å². The predicted octanol–water partition coefficient (Wildman–Crippen LogP) is 3.45. The van der Waals surface area contributed by atoms with Crippen LogP contribution >= 0.6 is 0 Å². The summed E-state index contributed by atoms with van der Waals surface area (Å²) < 4.78 is 25.9. The van der Waals surface area contributed by atoms with Crippen LogP contribution < -0.4 is 4.74 Å². The van der Waals surface area contributed by atoms with E-state index in [1.807, 2.05) is 6.92 Å². The number of ether oxygens (including phenoxy) is 1. The van der Waals surface area contributed by atoms with Crippen LogP contribution in [-0.2, 0) is 5.67 Å². The maximum absolute atomic E-state index is 15.3. The minimum atomic E-state index is -1.77. The van der Waals surface area contributed by atoms with E-state index in [0.717, 1.165) is 19.3 Å². The molecular formula is C19H22FN3O3. The summed E-state index contributed by atoms with van der Waals surface area (Å²) >= 11 is 0. The van der Waals surface area contributed by atoms with Crippen molar-refractivity contribution >= 4 is 5.91 Å². The van der Waals surface area contributed by atoms with Crippen molar-refractivity contribution in [3.05, 3.63) is 41.5 Å². The first kappa shape index (κ1) is 17.0. The number of nitrogens with zero attached hydrogens (tertiary/aromatic N) is 3. The highest BCUT2D eigenvalue weighted by atomic mass is 19.1. The van der Waals surface area contributed by atoms with Gasteiger partial charge in [-0.2, -0.15) is 4.98 Å². The van der Waals surface area contributed by atoms with Crippen LogP contribution in [0.1, 0.15) is 60.6 Å². The van der Waals surface area contributed by atoms with Crippen LogP contribution in [0.15, 0.2) is 28.8 Å². The molecule has 2 aromatic rings. The van der Waals surface area contributed by atoms with Gasteiger partial charge in [-0.1, -0.05) is 11.6 Å². The molecule has 6 nitrogen and oxygen atoms in total. The van der Waals surface area contributed by atoms with Crippen molar-refractivity contribution < 1.29 is 18.4 Å². The van der Waals surface area contributed by atoms with Gasteiger partial charge in [0.2, 0.25) is 5.67 Å². The summed E-state index contributed by atoms with van der Waals surface area (Å²) in [5.74, 6) is 1.39. The molecule has 138 valence electrons. The van der Waals surface area contributed by atoms with Crippen LogP contribution in [0.4, 0.5) is 4.39 Å². The number of aromatic nitrogens is 2. The third kappa shape index (κ3) is 3.06. The Kier molecular flexibility index (Phi) is 4.38. The maximum Gasteiger partial charge on any atom is 0.266 e. The summed E-state index contributed by atoms with van der Waals surface area (Å²) in [6.45, 7) is 2.73. The molecule has 1 saturated heterocycles. The zero-order valence-electron chi connectivity index (χ0n) is 14.8. The maximum atomic E-state index is 15.3. The zero-order chi connectivity index (χ0) is 18.1. The first-order valence-electron chi connectivity index (χ1n) is 9.14. The monoisotopic (exact) mass is 359 g/mol. The van der Waals surface area contributed by atoms with E-state index < -0.39 is 5.67 Å². The first-order chi connectivity index (χ1) is 12.6. The normalized spacial score (nSPS) is 23.1. The standard InChI is InChI=1S/C19H22FN3O3/c1-2-25-15-8-6-14(7-9-15)17(24)23-11-10-19(20,12-23)18-21-16(22-26-18)13-4-3-5-13/h6-9,13H,2-5,10-12H2,1H3. The number of carbonyl (C=O) groups excluding carboxylic acids is 1. The van der Waals surface area contributed by atoms with Crippen molar-refractivity contribution in [1.29, 1.82) is 0 Å². The number of amides is 1. The molecule has 0 N–H and O–H groups in total. The van der Waals surface area contributed by atoms with E-state index >= 15 is 4.39 Å². The second-order valence-electron chi connectivity index (χ2n) is 6.98. The van der Waals surface area contributed by atoms with E-state index in [4.69, 9.17) is 9.26 Å². The van der Waals surface area contributed by atoms with Crippen molar-refractivity contribution in [3.63, 3.8) is 0 Å². The molecule has 1 aliphatic heterocycles. The Morgan fingerprint density at radius 1 is 1.38 bits per heavy atom. The number of carbonyl (C=O) groups is 1.